The molecule has 1 aromatic heterocycles. The zero-order chi connectivity index (χ0) is 29.4. The third-order valence-electron chi connectivity index (χ3n) is 6.24. The van der Waals surface area contributed by atoms with Gasteiger partial charge in [-0.05, 0) is 74.9 Å². The second-order valence-corrected chi connectivity index (χ2v) is 10.3. The van der Waals surface area contributed by atoms with E-state index in [1.54, 1.807) is 4.90 Å². The van der Waals surface area contributed by atoms with Crippen LogP contribution in [-0.2, 0) is 11.2 Å². The first-order chi connectivity index (χ1) is 19.6. The van der Waals surface area contributed by atoms with Crippen molar-refractivity contribution < 1.29 is 23.1 Å². The number of hydrogen-bond acceptors (Lipinski definition) is 7. The largest absolute Gasteiger partial charge is 0.436 e. The van der Waals surface area contributed by atoms with Crippen molar-refractivity contribution in [3.63, 3.8) is 0 Å². The lowest BCUT2D eigenvalue weighted by atomic mass is 9.98. The highest BCUT2D eigenvalue weighted by molar-refractivity contribution is 7.80. The number of nitrogens with zero attached hydrogens (tertiary/aromatic N) is 4. The number of carbonyl (C=O) groups is 2. The fourth-order valence-electron chi connectivity index (χ4n) is 4.46. The molecule has 3 amide bonds. The molecular formula is C28H31F2N7O3S. The molecule has 1 atom stereocenters. The van der Waals surface area contributed by atoms with Crippen molar-refractivity contribution in [2.75, 3.05) is 44.4 Å². The van der Waals surface area contributed by atoms with Crippen LogP contribution in [0.5, 0.6) is 11.6 Å². The van der Waals surface area contributed by atoms with E-state index < -0.39 is 17.5 Å². The summed E-state index contributed by atoms with van der Waals surface area (Å²) < 4.78 is 33.4. The summed E-state index contributed by atoms with van der Waals surface area (Å²) in [4.78, 5) is 37.0. The maximum atomic E-state index is 14.8. The minimum atomic E-state index is -0.708. The van der Waals surface area contributed by atoms with Gasteiger partial charge >= 0.3 is 6.03 Å². The Balaban J connectivity index is 1.30. The van der Waals surface area contributed by atoms with Gasteiger partial charge in [-0.15, -0.1) is 0 Å². The quantitative estimate of drug-likeness (QED) is 0.335. The van der Waals surface area contributed by atoms with Gasteiger partial charge in [0.1, 0.15) is 18.0 Å². The van der Waals surface area contributed by atoms with Gasteiger partial charge in [0.05, 0.1) is 6.42 Å². The van der Waals surface area contributed by atoms with Crippen LogP contribution in [0.15, 0.2) is 54.9 Å². The number of likely N-dealkylation sites (tertiary alicyclic amines) is 1. The van der Waals surface area contributed by atoms with Crippen LogP contribution in [0.4, 0.5) is 25.1 Å². The molecule has 1 saturated heterocycles. The van der Waals surface area contributed by atoms with Crippen LogP contribution in [0, 0.1) is 17.6 Å². The Morgan fingerprint density at radius 3 is 2.61 bits per heavy atom. The van der Waals surface area contributed by atoms with Crippen molar-refractivity contribution in [3.05, 3.63) is 72.1 Å². The number of thiocarbonyl (C=S) groups is 1. The molecule has 0 unspecified atom stereocenters. The highest BCUT2D eigenvalue weighted by Crippen LogP contribution is 2.27. The fraction of sp³-hybridized carbons (Fsp3) is 0.321. The SMILES string of the molecule is CN(C)C[C@@H]1CCCN(C(=O)Nc2cc(Oc3ccc(NC(=S)NC(=O)Cc4ccc(F)cc4)cc3F)ncn2)C1. The van der Waals surface area contributed by atoms with Crippen LogP contribution in [0.25, 0.3) is 0 Å². The summed E-state index contributed by atoms with van der Waals surface area (Å²) in [6.45, 7) is 2.23. The predicted octanol–water partition coefficient (Wildman–Crippen LogP) is 4.41. The van der Waals surface area contributed by atoms with Crippen molar-refractivity contribution in [3.8, 4) is 11.6 Å². The molecule has 0 radical (unpaired) electrons. The van der Waals surface area contributed by atoms with Gasteiger partial charge in [0.2, 0.25) is 11.8 Å². The fourth-order valence-corrected chi connectivity index (χ4v) is 4.69. The summed E-state index contributed by atoms with van der Waals surface area (Å²) in [6, 6.07) is 10.7. The summed E-state index contributed by atoms with van der Waals surface area (Å²) in [7, 11) is 4.03. The molecule has 0 spiro atoms. The monoisotopic (exact) mass is 583 g/mol. The normalized spacial score (nSPS) is 14.9. The van der Waals surface area contributed by atoms with Gasteiger partial charge in [-0.25, -0.2) is 23.5 Å². The third kappa shape index (κ3) is 9.15. The summed E-state index contributed by atoms with van der Waals surface area (Å²) in [5, 5.41) is 7.97. The summed E-state index contributed by atoms with van der Waals surface area (Å²) in [6.07, 6.45) is 3.23. The lowest BCUT2D eigenvalue weighted by Crippen LogP contribution is -2.44. The van der Waals surface area contributed by atoms with Crippen molar-refractivity contribution in [2.45, 2.75) is 19.3 Å². The standard InChI is InChI=1S/C28H31F2N7O3S/c1-36(2)15-19-4-3-11-37(16-19)28(39)34-24-14-26(32-17-31-24)40-23-10-9-21(13-22(23)30)33-27(41)35-25(38)12-18-5-7-20(29)8-6-18/h5-10,13-14,17,19H,3-4,11-12,15-16H2,1-2H3,(H,31,32,34,39)(H2,33,35,38,41)/t19-/m0/s1. The summed E-state index contributed by atoms with van der Waals surface area (Å²) in [5.74, 6) is -0.941. The molecule has 2 aromatic carbocycles. The molecule has 1 aliphatic heterocycles. The molecule has 4 rings (SSSR count). The number of piperidine rings is 1. The molecular weight excluding hydrogens is 552 g/mol. The number of hydrogen-bond donors (Lipinski definition) is 3. The Bertz CT molecular complexity index is 1390. The molecule has 10 nitrogen and oxygen atoms in total. The topological polar surface area (TPSA) is 112 Å². The summed E-state index contributed by atoms with van der Waals surface area (Å²) >= 11 is 5.14. The molecule has 2 heterocycles. The van der Waals surface area contributed by atoms with Crippen molar-refractivity contribution in [2.24, 2.45) is 5.92 Å². The average Bonchev–Trinajstić information content (AvgIpc) is 2.91. The number of benzene rings is 2. The van der Waals surface area contributed by atoms with Gasteiger partial charge in [0, 0.05) is 37.5 Å². The van der Waals surface area contributed by atoms with Crippen molar-refractivity contribution in [1.29, 1.82) is 0 Å². The molecule has 3 N–H and O–H groups in total. The van der Waals surface area contributed by atoms with Crippen LogP contribution in [0.3, 0.4) is 0 Å². The van der Waals surface area contributed by atoms with Crippen LogP contribution >= 0.6 is 12.2 Å². The van der Waals surface area contributed by atoms with Gasteiger partial charge in [-0.1, -0.05) is 12.1 Å². The zero-order valence-electron chi connectivity index (χ0n) is 22.7. The Morgan fingerprint density at radius 1 is 1.10 bits per heavy atom. The number of aromatic nitrogens is 2. The maximum absolute atomic E-state index is 14.8. The van der Waals surface area contributed by atoms with Gasteiger partial charge in [0.25, 0.3) is 0 Å². The minimum absolute atomic E-state index is 0.000379. The van der Waals surface area contributed by atoms with E-state index in [-0.39, 0.29) is 40.7 Å². The second-order valence-electron chi connectivity index (χ2n) is 9.94. The molecule has 0 aliphatic carbocycles. The van der Waals surface area contributed by atoms with Crippen LogP contribution in [0.2, 0.25) is 0 Å². The van der Waals surface area contributed by atoms with E-state index in [1.165, 1.54) is 48.8 Å². The third-order valence-corrected chi connectivity index (χ3v) is 6.45. The number of halogens is 2. The van der Waals surface area contributed by atoms with Crippen molar-refractivity contribution in [1.82, 2.24) is 25.1 Å². The molecule has 1 aliphatic rings. The number of amides is 3. The molecule has 0 bridgehead atoms. The van der Waals surface area contributed by atoms with E-state index in [0.717, 1.165) is 25.5 Å². The van der Waals surface area contributed by atoms with E-state index >= 15 is 0 Å². The molecule has 216 valence electrons. The highest BCUT2D eigenvalue weighted by Gasteiger charge is 2.24. The van der Waals surface area contributed by atoms with Crippen LogP contribution in [-0.4, -0.2) is 70.5 Å². The molecule has 13 heteroatoms. The molecule has 41 heavy (non-hydrogen) atoms. The lowest BCUT2D eigenvalue weighted by Gasteiger charge is -2.33. The number of urea groups is 1. The van der Waals surface area contributed by atoms with Crippen LogP contribution < -0.4 is 20.7 Å². The molecule has 3 aromatic rings. The molecule has 1 fully saturated rings. The van der Waals surface area contributed by atoms with Gasteiger partial charge in [0.15, 0.2) is 16.7 Å². The first-order valence-corrected chi connectivity index (χ1v) is 13.4. The Labute approximate surface area is 242 Å². The van der Waals surface area contributed by atoms with E-state index in [9.17, 15) is 18.4 Å². The van der Waals surface area contributed by atoms with E-state index in [4.69, 9.17) is 17.0 Å². The smallest absolute Gasteiger partial charge is 0.323 e. The first-order valence-electron chi connectivity index (χ1n) is 13.0. The number of rotatable bonds is 8. The van der Waals surface area contributed by atoms with Gasteiger partial charge < -0.3 is 25.2 Å². The van der Waals surface area contributed by atoms with E-state index in [2.05, 4.69) is 30.8 Å². The van der Waals surface area contributed by atoms with E-state index in [1.807, 2.05) is 14.1 Å². The number of nitrogens with one attached hydrogen (secondary N) is 3. The Hall–Kier alpha value is -4.23. The maximum Gasteiger partial charge on any atom is 0.323 e. The van der Waals surface area contributed by atoms with E-state index in [0.29, 0.717) is 24.6 Å². The molecule has 0 saturated carbocycles. The first kappa shape index (κ1) is 29.7. The number of anilines is 2. The Morgan fingerprint density at radius 2 is 1.88 bits per heavy atom. The van der Waals surface area contributed by atoms with Gasteiger partial charge in [-0.3, -0.25) is 10.1 Å². The van der Waals surface area contributed by atoms with Crippen molar-refractivity contribution >= 4 is 40.8 Å². The number of carbonyl (C=O) groups excluding carboxylic acids is 2. The lowest BCUT2D eigenvalue weighted by molar-refractivity contribution is -0.119. The summed E-state index contributed by atoms with van der Waals surface area (Å²) in [5.41, 5.74) is 0.901. The minimum Gasteiger partial charge on any atom is -0.436 e. The van der Waals surface area contributed by atoms with Gasteiger partial charge in [-0.2, -0.15) is 0 Å². The van der Waals surface area contributed by atoms with Crippen LogP contribution in [0.1, 0.15) is 18.4 Å². The second kappa shape index (κ2) is 13.9. The Kier molecular flexibility index (Phi) is 10.1. The highest BCUT2D eigenvalue weighted by atomic mass is 32.1. The number of ether oxygens (including phenoxy) is 1. The average molecular weight is 584 g/mol. The zero-order valence-corrected chi connectivity index (χ0v) is 23.5. The predicted molar refractivity (Wildman–Crippen MR) is 155 cm³/mol.